The molecule has 1 unspecified atom stereocenters. The molecule has 0 bridgehead atoms. The van der Waals surface area contributed by atoms with Crippen LogP contribution in [-0.2, 0) is 11.3 Å². The first-order valence-electron chi connectivity index (χ1n) is 9.22. The van der Waals surface area contributed by atoms with Gasteiger partial charge in [-0.25, -0.2) is 4.79 Å². The molecule has 2 heterocycles. The fourth-order valence-corrected chi connectivity index (χ4v) is 3.65. The van der Waals surface area contributed by atoms with Crippen LogP contribution in [0, 0.1) is 5.92 Å². The van der Waals surface area contributed by atoms with Crippen LogP contribution in [0.3, 0.4) is 0 Å². The van der Waals surface area contributed by atoms with E-state index in [9.17, 15) is 19.5 Å². The molecule has 2 fully saturated rings. The summed E-state index contributed by atoms with van der Waals surface area (Å²) < 4.78 is 0. The molecule has 8 heteroatoms. The van der Waals surface area contributed by atoms with Gasteiger partial charge in [-0.05, 0) is 30.9 Å². The lowest BCUT2D eigenvalue weighted by Gasteiger charge is -2.30. The van der Waals surface area contributed by atoms with Crippen LogP contribution in [0.4, 0.5) is 4.79 Å². The van der Waals surface area contributed by atoms with Crippen molar-refractivity contribution in [3.05, 3.63) is 29.3 Å². The Balaban J connectivity index is 1.57. The lowest BCUT2D eigenvalue weighted by atomic mass is 10.0. The molecule has 8 nitrogen and oxygen atoms in total. The van der Waals surface area contributed by atoms with Crippen molar-refractivity contribution in [1.82, 2.24) is 15.1 Å². The molecule has 1 aromatic rings. The van der Waals surface area contributed by atoms with Crippen molar-refractivity contribution in [2.75, 3.05) is 19.6 Å². The topological polar surface area (TPSA) is 110 Å². The molecule has 2 saturated heterocycles. The third-order valence-electron chi connectivity index (χ3n) is 5.22. The number of likely N-dealkylation sites (tertiary alicyclic amines) is 2. The zero-order valence-electron chi connectivity index (χ0n) is 15.4. The molecule has 0 radical (unpaired) electrons. The van der Waals surface area contributed by atoms with Gasteiger partial charge in [0, 0.05) is 49.8 Å². The molecule has 0 aromatic heterocycles. The molecule has 1 aromatic carbocycles. The van der Waals surface area contributed by atoms with Gasteiger partial charge in [0.05, 0.1) is 0 Å². The normalized spacial score (nSPS) is 20.8. The van der Waals surface area contributed by atoms with Crippen molar-refractivity contribution in [1.29, 1.82) is 0 Å². The smallest absolute Gasteiger partial charge is 0.407 e. The number of amides is 3. The Morgan fingerprint density at radius 2 is 1.96 bits per heavy atom. The van der Waals surface area contributed by atoms with E-state index in [1.54, 1.807) is 17.0 Å². The Labute approximate surface area is 157 Å². The van der Waals surface area contributed by atoms with Crippen molar-refractivity contribution in [3.8, 4) is 5.75 Å². The van der Waals surface area contributed by atoms with Crippen molar-refractivity contribution < 1.29 is 24.6 Å². The molecule has 2 aliphatic rings. The second kappa shape index (κ2) is 7.85. The van der Waals surface area contributed by atoms with Crippen LogP contribution in [0.2, 0.25) is 0 Å². The second-order valence-electron chi connectivity index (χ2n) is 7.44. The maximum atomic E-state index is 12.4. The highest BCUT2D eigenvalue weighted by Crippen LogP contribution is 2.25. The van der Waals surface area contributed by atoms with Gasteiger partial charge in [0.15, 0.2) is 0 Å². The van der Waals surface area contributed by atoms with Crippen LogP contribution < -0.4 is 5.32 Å². The van der Waals surface area contributed by atoms with Crippen LogP contribution >= 0.6 is 0 Å². The van der Waals surface area contributed by atoms with Gasteiger partial charge in [-0.1, -0.05) is 13.0 Å². The van der Waals surface area contributed by atoms with Crippen molar-refractivity contribution in [3.63, 3.8) is 0 Å². The van der Waals surface area contributed by atoms with E-state index in [1.807, 2.05) is 6.92 Å². The van der Waals surface area contributed by atoms with E-state index in [0.29, 0.717) is 62.5 Å². The summed E-state index contributed by atoms with van der Waals surface area (Å²) in [5, 5.41) is 22.1. The number of rotatable bonds is 4. The standard InChI is InChI=1S/C19H25N3O5/c1-12-8-17(24)22(10-12)11-14-3-2-13(9-16(14)23)18(25)20-15-4-6-21(7-5-15)19(26)27/h2-3,9,12,15,23H,4-8,10-11H2,1H3,(H,20,25)(H,26,27). The van der Waals surface area contributed by atoms with Crippen LogP contribution in [0.5, 0.6) is 5.75 Å². The van der Waals surface area contributed by atoms with E-state index in [1.165, 1.54) is 11.0 Å². The van der Waals surface area contributed by atoms with E-state index in [0.717, 1.165) is 0 Å². The van der Waals surface area contributed by atoms with Gasteiger partial charge in [0.2, 0.25) is 5.91 Å². The molecule has 3 rings (SSSR count). The Bertz CT molecular complexity index is 743. The number of carboxylic acid groups (broad SMARTS) is 1. The van der Waals surface area contributed by atoms with Gasteiger partial charge in [0.25, 0.3) is 5.91 Å². The summed E-state index contributed by atoms with van der Waals surface area (Å²) in [6.45, 7) is 3.83. The first-order valence-corrected chi connectivity index (χ1v) is 9.22. The highest BCUT2D eigenvalue weighted by Gasteiger charge is 2.27. The van der Waals surface area contributed by atoms with E-state index >= 15 is 0 Å². The Kier molecular flexibility index (Phi) is 5.53. The van der Waals surface area contributed by atoms with Crippen LogP contribution in [0.25, 0.3) is 0 Å². The first-order chi connectivity index (χ1) is 12.8. The summed E-state index contributed by atoms with van der Waals surface area (Å²) >= 11 is 0. The summed E-state index contributed by atoms with van der Waals surface area (Å²) in [5.41, 5.74) is 0.960. The molecule has 0 spiro atoms. The zero-order chi connectivity index (χ0) is 19.6. The number of hydrogen-bond donors (Lipinski definition) is 3. The minimum Gasteiger partial charge on any atom is -0.508 e. The third kappa shape index (κ3) is 4.50. The summed E-state index contributed by atoms with van der Waals surface area (Å²) in [4.78, 5) is 38.3. The number of aromatic hydroxyl groups is 1. The number of carbonyl (C=O) groups is 3. The Hall–Kier alpha value is -2.77. The summed E-state index contributed by atoms with van der Waals surface area (Å²) in [6.07, 6.45) is 0.725. The fourth-order valence-electron chi connectivity index (χ4n) is 3.65. The van der Waals surface area contributed by atoms with E-state index in [4.69, 9.17) is 5.11 Å². The Morgan fingerprint density at radius 3 is 2.52 bits per heavy atom. The maximum absolute atomic E-state index is 12.4. The van der Waals surface area contributed by atoms with Gasteiger partial charge < -0.3 is 25.3 Å². The number of phenolic OH excluding ortho intramolecular Hbond substituents is 1. The quantitative estimate of drug-likeness (QED) is 0.741. The van der Waals surface area contributed by atoms with Gasteiger partial charge in [0.1, 0.15) is 5.75 Å². The lowest BCUT2D eigenvalue weighted by Crippen LogP contribution is -2.46. The number of carbonyl (C=O) groups excluding carboxylic acids is 2. The second-order valence-corrected chi connectivity index (χ2v) is 7.44. The molecule has 2 aliphatic heterocycles. The molecule has 3 N–H and O–H groups in total. The summed E-state index contributed by atoms with van der Waals surface area (Å²) in [5.74, 6) is 0.0980. The number of nitrogens with one attached hydrogen (secondary N) is 1. The number of phenols is 1. The van der Waals surface area contributed by atoms with Crippen LogP contribution in [-0.4, -0.2) is 63.6 Å². The van der Waals surface area contributed by atoms with Gasteiger partial charge in [-0.3, -0.25) is 9.59 Å². The van der Waals surface area contributed by atoms with Gasteiger partial charge in [-0.15, -0.1) is 0 Å². The van der Waals surface area contributed by atoms with Gasteiger partial charge >= 0.3 is 6.09 Å². The molecule has 0 aliphatic carbocycles. The highest BCUT2D eigenvalue weighted by atomic mass is 16.4. The van der Waals surface area contributed by atoms with Crippen molar-refractivity contribution >= 4 is 17.9 Å². The SMILES string of the molecule is CC1CC(=O)N(Cc2ccc(C(=O)NC3CCN(C(=O)O)CC3)cc2O)C1. The zero-order valence-corrected chi connectivity index (χ0v) is 15.4. The maximum Gasteiger partial charge on any atom is 0.407 e. The number of nitrogens with zero attached hydrogens (tertiary/aromatic N) is 2. The van der Waals surface area contributed by atoms with Crippen molar-refractivity contribution in [2.24, 2.45) is 5.92 Å². The molecule has 1 atom stereocenters. The first kappa shape index (κ1) is 19.0. The third-order valence-corrected chi connectivity index (χ3v) is 5.22. The minimum absolute atomic E-state index is 0.00398. The number of hydrogen-bond acceptors (Lipinski definition) is 4. The van der Waals surface area contributed by atoms with Crippen LogP contribution in [0.1, 0.15) is 42.1 Å². The van der Waals surface area contributed by atoms with E-state index < -0.39 is 6.09 Å². The average Bonchev–Trinajstić information content (AvgIpc) is 2.94. The fraction of sp³-hybridized carbons (Fsp3) is 0.526. The molecule has 0 saturated carbocycles. The molecule has 3 amide bonds. The predicted molar refractivity (Wildman–Crippen MR) is 97.4 cm³/mol. The van der Waals surface area contributed by atoms with E-state index in [2.05, 4.69) is 5.32 Å². The predicted octanol–water partition coefficient (Wildman–Crippen LogP) is 1.63. The van der Waals surface area contributed by atoms with Gasteiger partial charge in [-0.2, -0.15) is 0 Å². The number of benzene rings is 1. The van der Waals surface area contributed by atoms with E-state index in [-0.39, 0.29) is 23.6 Å². The highest BCUT2D eigenvalue weighted by molar-refractivity contribution is 5.95. The molecular weight excluding hydrogens is 350 g/mol. The summed E-state index contributed by atoms with van der Waals surface area (Å²) in [7, 11) is 0. The van der Waals surface area contributed by atoms with Crippen LogP contribution in [0.15, 0.2) is 18.2 Å². The molecule has 27 heavy (non-hydrogen) atoms. The minimum atomic E-state index is -0.939. The monoisotopic (exact) mass is 375 g/mol. The average molecular weight is 375 g/mol. The lowest BCUT2D eigenvalue weighted by molar-refractivity contribution is -0.128. The molecular formula is C19H25N3O5. The number of piperidine rings is 1. The molecule has 146 valence electrons. The Morgan fingerprint density at radius 1 is 1.26 bits per heavy atom. The summed E-state index contributed by atoms with van der Waals surface area (Å²) in [6, 6.07) is 4.65. The van der Waals surface area contributed by atoms with Crippen molar-refractivity contribution in [2.45, 2.75) is 38.8 Å². The largest absolute Gasteiger partial charge is 0.508 e.